The topological polar surface area (TPSA) is 75.7 Å². The number of hydrogen-bond acceptors (Lipinski definition) is 5. The Labute approximate surface area is 184 Å². The summed E-state index contributed by atoms with van der Waals surface area (Å²) in [7, 11) is -3.53. The fourth-order valence-corrected chi connectivity index (χ4v) is 5.37. The lowest BCUT2D eigenvalue weighted by molar-refractivity contribution is -0.127. The summed E-state index contributed by atoms with van der Waals surface area (Å²) in [6.07, 6.45) is 0.197. The molecule has 1 N–H and O–H groups in total. The second kappa shape index (κ2) is 9.47. The first kappa shape index (κ1) is 22.1. The molecule has 1 heterocycles. The number of carbonyl (C=O) groups excluding carboxylic acids is 1. The van der Waals surface area contributed by atoms with Crippen molar-refractivity contribution < 1.29 is 17.9 Å². The molecule has 0 aliphatic carbocycles. The van der Waals surface area contributed by atoms with Gasteiger partial charge in [-0.25, -0.2) is 8.42 Å². The molecule has 0 fully saturated rings. The SMILES string of the molecule is CS(=O)(=O)N1C[C@H](C(=O)NCCSCc2c(Cl)cccc2Cl)Oc2ccccc21. The van der Waals surface area contributed by atoms with Crippen molar-refractivity contribution in [2.75, 3.05) is 29.4 Å². The van der Waals surface area contributed by atoms with Gasteiger partial charge in [-0.1, -0.05) is 41.4 Å². The van der Waals surface area contributed by atoms with Gasteiger partial charge in [0, 0.05) is 28.1 Å². The van der Waals surface area contributed by atoms with E-state index < -0.39 is 16.1 Å². The van der Waals surface area contributed by atoms with Crippen LogP contribution in [-0.2, 0) is 20.6 Å². The molecule has 0 spiro atoms. The van der Waals surface area contributed by atoms with Gasteiger partial charge in [-0.3, -0.25) is 9.10 Å². The largest absolute Gasteiger partial charge is 0.476 e. The lowest BCUT2D eigenvalue weighted by Crippen LogP contribution is -2.50. The van der Waals surface area contributed by atoms with Crippen molar-refractivity contribution in [3.63, 3.8) is 0 Å². The van der Waals surface area contributed by atoms with Crippen molar-refractivity contribution in [3.8, 4) is 5.75 Å². The Morgan fingerprint density at radius 3 is 2.59 bits per heavy atom. The number of hydrogen-bond donors (Lipinski definition) is 1. The van der Waals surface area contributed by atoms with E-state index >= 15 is 0 Å². The summed E-state index contributed by atoms with van der Waals surface area (Å²) in [5.74, 6) is 1.28. The average Bonchev–Trinajstić information content (AvgIpc) is 2.68. The number of rotatable bonds is 7. The van der Waals surface area contributed by atoms with Gasteiger partial charge in [0.25, 0.3) is 5.91 Å². The maximum atomic E-state index is 12.5. The number of nitrogens with one attached hydrogen (secondary N) is 1. The lowest BCUT2D eigenvalue weighted by atomic mass is 10.2. The van der Waals surface area contributed by atoms with Gasteiger partial charge in [0.1, 0.15) is 5.75 Å². The Kier molecular flexibility index (Phi) is 7.21. The number of ether oxygens (including phenoxy) is 1. The maximum Gasteiger partial charge on any atom is 0.263 e. The third-order valence-electron chi connectivity index (χ3n) is 4.28. The summed E-state index contributed by atoms with van der Waals surface area (Å²) in [4.78, 5) is 12.5. The lowest BCUT2D eigenvalue weighted by Gasteiger charge is -2.33. The highest BCUT2D eigenvalue weighted by Crippen LogP contribution is 2.34. The molecule has 2 aromatic rings. The summed E-state index contributed by atoms with van der Waals surface area (Å²) in [6, 6.07) is 12.1. The number of halogens is 2. The van der Waals surface area contributed by atoms with Crippen molar-refractivity contribution in [3.05, 3.63) is 58.1 Å². The Balaban J connectivity index is 1.53. The zero-order valence-electron chi connectivity index (χ0n) is 15.6. The number of benzene rings is 2. The molecule has 1 amide bonds. The van der Waals surface area contributed by atoms with Gasteiger partial charge in [-0.2, -0.15) is 11.8 Å². The zero-order chi connectivity index (χ0) is 21.0. The van der Waals surface area contributed by atoms with E-state index in [9.17, 15) is 13.2 Å². The highest BCUT2D eigenvalue weighted by atomic mass is 35.5. The minimum atomic E-state index is -3.53. The fraction of sp³-hybridized carbons (Fsp3) is 0.316. The molecule has 0 aromatic heterocycles. The molecular formula is C19H20Cl2N2O4S2. The second-order valence-electron chi connectivity index (χ2n) is 6.41. The van der Waals surface area contributed by atoms with Gasteiger partial charge in [-0.05, 0) is 29.8 Å². The van der Waals surface area contributed by atoms with E-state index in [0.29, 0.717) is 39.5 Å². The van der Waals surface area contributed by atoms with Crippen LogP contribution in [0.2, 0.25) is 10.0 Å². The summed E-state index contributed by atoms with van der Waals surface area (Å²) in [6.45, 7) is 0.343. The van der Waals surface area contributed by atoms with Crippen LogP contribution in [0.5, 0.6) is 5.75 Å². The Hall–Kier alpha value is -1.61. The molecule has 0 bridgehead atoms. The van der Waals surface area contributed by atoms with Crippen LogP contribution >= 0.6 is 35.0 Å². The third-order valence-corrected chi connectivity index (χ3v) is 7.12. The van der Waals surface area contributed by atoms with Gasteiger partial charge in [0.05, 0.1) is 18.5 Å². The number of thioether (sulfide) groups is 1. The van der Waals surface area contributed by atoms with Crippen LogP contribution in [0.15, 0.2) is 42.5 Å². The fourth-order valence-electron chi connectivity index (χ4n) is 2.86. The number of fused-ring (bicyclic) bond motifs is 1. The summed E-state index contributed by atoms with van der Waals surface area (Å²) in [5.41, 5.74) is 1.30. The van der Waals surface area contributed by atoms with E-state index in [2.05, 4.69) is 5.32 Å². The minimum Gasteiger partial charge on any atom is -0.476 e. The van der Waals surface area contributed by atoms with Gasteiger partial charge >= 0.3 is 0 Å². The predicted octanol–water partition coefficient (Wildman–Crippen LogP) is 3.57. The van der Waals surface area contributed by atoms with Gasteiger partial charge in [0.15, 0.2) is 6.10 Å². The summed E-state index contributed by atoms with van der Waals surface area (Å²) >= 11 is 13.9. The molecule has 3 rings (SSSR count). The van der Waals surface area contributed by atoms with Crippen molar-refractivity contribution in [1.29, 1.82) is 0 Å². The first-order valence-corrected chi connectivity index (χ1v) is 12.5. The minimum absolute atomic E-state index is 0.0654. The monoisotopic (exact) mass is 474 g/mol. The Morgan fingerprint density at radius 1 is 1.21 bits per heavy atom. The number of amides is 1. The van der Waals surface area contributed by atoms with Crippen molar-refractivity contribution >= 4 is 56.6 Å². The van der Waals surface area contributed by atoms with E-state index in [1.54, 1.807) is 54.2 Å². The molecule has 0 saturated carbocycles. The molecule has 0 saturated heterocycles. The number of carbonyl (C=O) groups is 1. The van der Waals surface area contributed by atoms with E-state index in [4.69, 9.17) is 27.9 Å². The Morgan fingerprint density at radius 2 is 1.90 bits per heavy atom. The quantitative estimate of drug-likeness (QED) is 0.620. The van der Waals surface area contributed by atoms with Crippen LogP contribution in [0.4, 0.5) is 5.69 Å². The molecule has 0 unspecified atom stereocenters. The first-order chi connectivity index (χ1) is 13.8. The van der Waals surface area contributed by atoms with E-state index in [-0.39, 0.29) is 12.5 Å². The van der Waals surface area contributed by atoms with Crippen LogP contribution < -0.4 is 14.4 Å². The molecule has 1 atom stereocenters. The standard InChI is InChI=1S/C19H20Cl2N2O4S2/c1-29(25,26)23-11-18(27-17-8-3-2-7-16(17)23)19(24)22-9-10-28-12-13-14(20)5-4-6-15(13)21/h2-8,18H,9-12H2,1H3,(H,22,24)/t18-/m1/s1. The highest BCUT2D eigenvalue weighted by molar-refractivity contribution is 7.98. The molecule has 1 aliphatic rings. The van der Waals surface area contributed by atoms with Crippen LogP contribution in [0.25, 0.3) is 0 Å². The summed E-state index contributed by atoms with van der Waals surface area (Å²) in [5, 5.41) is 4.03. The normalized spacial score (nSPS) is 16.1. The summed E-state index contributed by atoms with van der Waals surface area (Å²) < 4.78 is 31.2. The van der Waals surface area contributed by atoms with Crippen LogP contribution in [-0.4, -0.2) is 45.5 Å². The smallest absolute Gasteiger partial charge is 0.263 e. The zero-order valence-corrected chi connectivity index (χ0v) is 18.7. The molecule has 29 heavy (non-hydrogen) atoms. The second-order valence-corrected chi connectivity index (χ2v) is 10.2. The van der Waals surface area contributed by atoms with Gasteiger partial charge in [-0.15, -0.1) is 0 Å². The van der Waals surface area contributed by atoms with E-state index in [1.165, 1.54) is 4.31 Å². The average molecular weight is 475 g/mol. The first-order valence-electron chi connectivity index (χ1n) is 8.79. The number of nitrogens with zero attached hydrogens (tertiary/aromatic N) is 1. The molecule has 6 nitrogen and oxygen atoms in total. The van der Waals surface area contributed by atoms with Gasteiger partial charge in [0.2, 0.25) is 10.0 Å². The van der Waals surface area contributed by atoms with Gasteiger partial charge < -0.3 is 10.1 Å². The van der Waals surface area contributed by atoms with Crippen molar-refractivity contribution in [2.24, 2.45) is 0 Å². The van der Waals surface area contributed by atoms with E-state index in [1.807, 2.05) is 0 Å². The van der Waals surface area contributed by atoms with Crippen molar-refractivity contribution in [2.45, 2.75) is 11.9 Å². The maximum absolute atomic E-state index is 12.5. The van der Waals surface area contributed by atoms with Crippen LogP contribution in [0.3, 0.4) is 0 Å². The molecule has 10 heteroatoms. The molecular weight excluding hydrogens is 455 g/mol. The van der Waals surface area contributed by atoms with Crippen LogP contribution in [0.1, 0.15) is 5.56 Å². The van der Waals surface area contributed by atoms with Crippen LogP contribution in [0, 0.1) is 0 Å². The Bertz CT molecular complexity index is 981. The third kappa shape index (κ3) is 5.51. The molecule has 0 radical (unpaired) electrons. The molecule has 156 valence electrons. The number of para-hydroxylation sites is 2. The number of sulfonamides is 1. The molecule has 1 aliphatic heterocycles. The van der Waals surface area contributed by atoms with Crippen molar-refractivity contribution in [1.82, 2.24) is 5.32 Å². The number of anilines is 1. The highest BCUT2D eigenvalue weighted by Gasteiger charge is 2.34. The molecule has 2 aromatic carbocycles. The predicted molar refractivity (Wildman–Crippen MR) is 119 cm³/mol. The van der Waals surface area contributed by atoms with E-state index in [0.717, 1.165) is 11.8 Å².